The van der Waals surface area contributed by atoms with Gasteiger partial charge in [0.2, 0.25) is 0 Å². The van der Waals surface area contributed by atoms with Crippen molar-refractivity contribution in [2.75, 3.05) is 25.5 Å². The molecule has 3 aromatic rings. The van der Waals surface area contributed by atoms with E-state index in [1.165, 1.54) is 6.07 Å². The number of nitrogens with one attached hydrogen (secondary N) is 2. The molecule has 30 heavy (non-hydrogen) atoms. The molecule has 1 aliphatic heterocycles. The number of rotatable bonds is 4. The lowest BCUT2D eigenvalue weighted by Crippen LogP contribution is -2.34. The van der Waals surface area contributed by atoms with Crippen LogP contribution in [0.5, 0.6) is 0 Å². The van der Waals surface area contributed by atoms with E-state index in [0.717, 1.165) is 42.6 Å². The van der Waals surface area contributed by atoms with E-state index in [4.69, 9.17) is 0 Å². The van der Waals surface area contributed by atoms with Crippen LogP contribution >= 0.6 is 0 Å². The molecule has 1 aliphatic rings. The molecular weight excluding hydrogens is 381 g/mol. The van der Waals surface area contributed by atoms with Crippen molar-refractivity contribution >= 4 is 22.6 Å². The second-order valence-corrected chi connectivity index (χ2v) is 8.15. The van der Waals surface area contributed by atoms with Crippen molar-refractivity contribution in [3.05, 3.63) is 59.5 Å². The summed E-state index contributed by atoms with van der Waals surface area (Å²) in [5.74, 6) is 0.444. The van der Waals surface area contributed by atoms with Crippen LogP contribution in [0.2, 0.25) is 0 Å². The number of aryl methyl sites for hydroxylation is 1. The number of hydrogen-bond acceptors (Lipinski definition) is 3. The van der Waals surface area contributed by atoms with Crippen LogP contribution in [0, 0.1) is 12.7 Å². The minimum atomic E-state index is -0.301. The van der Waals surface area contributed by atoms with Crippen LogP contribution < -0.4 is 10.6 Å². The molecular formula is C23H28FN5O. The van der Waals surface area contributed by atoms with Crippen molar-refractivity contribution in [1.82, 2.24) is 20.0 Å². The average Bonchev–Trinajstić information content (AvgIpc) is 3.08. The van der Waals surface area contributed by atoms with E-state index >= 15 is 0 Å². The first-order chi connectivity index (χ1) is 14.4. The molecule has 0 aliphatic carbocycles. The van der Waals surface area contributed by atoms with Gasteiger partial charge in [-0.1, -0.05) is 30.3 Å². The Morgan fingerprint density at radius 3 is 2.60 bits per heavy atom. The Morgan fingerprint density at radius 2 is 1.87 bits per heavy atom. The summed E-state index contributed by atoms with van der Waals surface area (Å²) in [4.78, 5) is 15.1. The van der Waals surface area contributed by atoms with Crippen molar-refractivity contribution in [2.24, 2.45) is 0 Å². The molecule has 1 unspecified atom stereocenters. The number of benzene rings is 2. The highest BCUT2D eigenvalue weighted by Gasteiger charge is 2.23. The number of aromatic nitrogens is 2. The predicted molar refractivity (Wildman–Crippen MR) is 117 cm³/mol. The molecule has 2 amide bonds. The molecule has 0 spiro atoms. The molecule has 158 valence electrons. The fraction of sp³-hybridized carbons (Fsp3) is 0.391. The van der Waals surface area contributed by atoms with Crippen molar-refractivity contribution in [3.63, 3.8) is 0 Å². The topological polar surface area (TPSA) is 62.2 Å². The second kappa shape index (κ2) is 8.44. The van der Waals surface area contributed by atoms with E-state index < -0.39 is 0 Å². The molecule has 0 bridgehead atoms. The molecule has 1 saturated heterocycles. The summed E-state index contributed by atoms with van der Waals surface area (Å²) in [5.41, 5.74) is 1.75. The van der Waals surface area contributed by atoms with Crippen molar-refractivity contribution in [1.29, 1.82) is 0 Å². The Hall–Kier alpha value is -2.93. The highest BCUT2D eigenvalue weighted by atomic mass is 19.1. The maximum Gasteiger partial charge on any atom is 0.320 e. The lowest BCUT2D eigenvalue weighted by atomic mass is 9.99. The third-order valence-electron chi connectivity index (χ3n) is 5.85. The number of amides is 2. The lowest BCUT2D eigenvalue weighted by Gasteiger charge is -2.30. The van der Waals surface area contributed by atoms with Crippen LogP contribution in [0.4, 0.5) is 15.0 Å². The van der Waals surface area contributed by atoms with Crippen LogP contribution in [0.1, 0.15) is 43.1 Å². The molecule has 7 heteroatoms. The number of carbonyl (C=O) groups excluding carboxylic acids is 1. The monoisotopic (exact) mass is 409 g/mol. The number of fused-ring (bicyclic) bond motifs is 1. The number of piperidine rings is 1. The zero-order chi connectivity index (χ0) is 21.3. The third-order valence-corrected chi connectivity index (χ3v) is 5.85. The van der Waals surface area contributed by atoms with Gasteiger partial charge in [-0.05, 0) is 63.8 Å². The molecule has 0 radical (unpaired) electrons. The van der Waals surface area contributed by atoms with Gasteiger partial charge in [0.15, 0.2) is 0 Å². The largest absolute Gasteiger partial charge is 0.331 e. The first-order valence-electron chi connectivity index (χ1n) is 10.4. The summed E-state index contributed by atoms with van der Waals surface area (Å²) in [6, 6.07) is 12.1. The quantitative estimate of drug-likeness (QED) is 0.660. The smallest absolute Gasteiger partial charge is 0.320 e. The van der Waals surface area contributed by atoms with Gasteiger partial charge in [-0.3, -0.25) is 5.32 Å². The van der Waals surface area contributed by atoms with Gasteiger partial charge >= 0.3 is 6.03 Å². The molecule has 1 fully saturated rings. The molecule has 2 aromatic carbocycles. The fourth-order valence-electron chi connectivity index (χ4n) is 4.22. The standard InChI is InChI=1S/C23H28FN5O/c1-15-14-22(29(27-15)17-10-12-28(3)13-11-17)26-23(30)25-16(2)18-8-9-21(24)20-7-5-4-6-19(18)20/h4-9,14,16-17H,10-13H2,1-3H3,(H2,25,26,30). The summed E-state index contributed by atoms with van der Waals surface area (Å²) in [6.07, 6.45) is 2.01. The minimum absolute atomic E-state index is 0.261. The molecule has 2 N–H and O–H groups in total. The van der Waals surface area contributed by atoms with E-state index in [-0.39, 0.29) is 23.9 Å². The zero-order valence-electron chi connectivity index (χ0n) is 17.7. The molecule has 4 rings (SSSR count). The van der Waals surface area contributed by atoms with Gasteiger partial charge < -0.3 is 10.2 Å². The van der Waals surface area contributed by atoms with E-state index in [0.29, 0.717) is 11.2 Å². The van der Waals surface area contributed by atoms with Gasteiger partial charge in [0.05, 0.1) is 17.8 Å². The summed E-state index contributed by atoms with van der Waals surface area (Å²) >= 11 is 0. The maximum absolute atomic E-state index is 14.1. The number of likely N-dealkylation sites (tertiary alicyclic amines) is 1. The van der Waals surface area contributed by atoms with Gasteiger partial charge in [-0.2, -0.15) is 5.10 Å². The highest BCUT2D eigenvalue weighted by molar-refractivity contribution is 5.90. The summed E-state index contributed by atoms with van der Waals surface area (Å²) in [7, 11) is 2.12. The predicted octanol–water partition coefficient (Wildman–Crippen LogP) is 4.63. The summed E-state index contributed by atoms with van der Waals surface area (Å²) < 4.78 is 16.1. The summed E-state index contributed by atoms with van der Waals surface area (Å²) in [6.45, 7) is 5.87. The van der Waals surface area contributed by atoms with Crippen LogP contribution in [-0.2, 0) is 0 Å². The van der Waals surface area contributed by atoms with E-state index in [2.05, 4.69) is 27.7 Å². The molecule has 0 saturated carbocycles. The number of anilines is 1. The van der Waals surface area contributed by atoms with Gasteiger partial charge in [0, 0.05) is 11.5 Å². The van der Waals surface area contributed by atoms with Gasteiger partial charge in [0.1, 0.15) is 11.6 Å². The van der Waals surface area contributed by atoms with Crippen molar-refractivity contribution in [3.8, 4) is 0 Å². The Balaban J connectivity index is 1.49. The van der Waals surface area contributed by atoms with E-state index in [1.807, 2.05) is 42.8 Å². The molecule has 6 nitrogen and oxygen atoms in total. The van der Waals surface area contributed by atoms with Crippen LogP contribution in [0.15, 0.2) is 42.5 Å². The Labute approximate surface area is 176 Å². The van der Waals surface area contributed by atoms with E-state index in [9.17, 15) is 9.18 Å². The minimum Gasteiger partial charge on any atom is -0.331 e. The third kappa shape index (κ3) is 4.16. The molecule has 1 atom stereocenters. The van der Waals surface area contributed by atoms with Crippen LogP contribution in [-0.4, -0.2) is 40.8 Å². The Kier molecular flexibility index (Phi) is 5.72. The first kappa shape index (κ1) is 20.3. The number of urea groups is 1. The second-order valence-electron chi connectivity index (χ2n) is 8.15. The van der Waals surface area contributed by atoms with Gasteiger partial charge in [-0.25, -0.2) is 13.9 Å². The molecule has 2 heterocycles. The average molecular weight is 410 g/mol. The SMILES string of the molecule is Cc1cc(NC(=O)NC(C)c2ccc(F)c3ccccc23)n(C2CCN(C)CC2)n1. The Morgan fingerprint density at radius 1 is 1.17 bits per heavy atom. The van der Waals surface area contributed by atoms with Gasteiger partial charge in [0.25, 0.3) is 0 Å². The summed E-state index contributed by atoms with van der Waals surface area (Å²) in [5, 5.41) is 11.9. The number of carbonyl (C=O) groups is 1. The Bertz CT molecular complexity index is 1050. The maximum atomic E-state index is 14.1. The van der Waals surface area contributed by atoms with Gasteiger partial charge in [-0.15, -0.1) is 0 Å². The number of hydrogen-bond donors (Lipinski definition) is 2. The lowest BCUT2D eigenvalue weighted by molar-refractivity contribution is 0.213. The number of nitrogens with zero attached hydrogens (tertiary/aromatic N) is 3. The van der Waals surface area contributed by atoms with Crippen molar-refractivity contribution < 1.29 is 9.18 Å². The first-order valence-corrected chi connectivity index (χ1v) is 10.4. The highest BCUT2D eigenvalue weighted by Crippen LogP contribution is 2.28. The number of halogens is 1. The van der Waals surface area contributed by atoms with Crippen LogP contribution in [0.3, 0.4) is 0 Å². The van der Waals surface area contributed by atoms with E-state index in [1.54, 1.807) is 12.1 Å². The van der Waals surface area contributed by atoms with Crippen LogP contribution in [0.25, 0.3) is 10.8 Å². The zero-order valence-corrected chi connectivity index (χ0v) is 17.7. The van der Waals surface area contributed by atoms with Crippen molar-refractivity contribution in [2.45, 2.75) is 38.8 Å². The normalized spacial score (nSPS) is 16.5. The molecule has 1 aromatic heterocycles. The fourth-order valence-corrected chi connectivity index (χ4v) is 4.22.